The number of hydrogen-bond donors (Lipinski definition) is 2. The molecule has 168 valence electrons. The second-order valence-electron chi connectivity index (χ2n) is 7.42. The smallest absolute Gasteiger partial charge is 0.253 e. The highest BCUT2D eigenvalue weighted by atomic mass is 32.1. The number of anilines is 2. The number of nitrogens with one attached hydrogen (secondary N) is 1. The van der Waals surface area contributed by atoms with Gasteiger partial charge in [0.1, 0.15) is 11.8 Å². The van der Waals surface area contributed by atoms with Gasteiger partial charge in [-0.1, -0.05) is 42.5 Å². The Hall–Kier alpha value is -4.03. The van der Waals surface area contributed by atoms with Crippen LogP contribution in [0.2, 0.25) is 0 Å². The molecule has 0 aliphatic rings. The Kier molecular flexibility index (Phi) is 7.53. The predicted molar refractivity (Wildman–Crippen MR) is 132 cm³/mol. The summed E-state index contributed by atoms with van der Waals surface area (Å²) in [5, 5.41) is 22.0. The minimum Gasteiger partial charge on any atom is -0.400 e. The van der Waals surface area contributed by atoms with Gasteiger partial charge in [0.2, 0.25) is 5.13 Å². The van der Waals surface area contributed by atoms with Gasteiger partial charge in [-0.3, -0.25) is 4.79 Å². The van der Waals surface area contributed by atoms with Gasteiger partial charge in [0.25, 0.3) is 5.91 Å². The van der Waals surface area contributed by atoms with Crippen molar-refractivity contribution in [2.24, 2.45) is 10.7 Å². The minimum atomic E-state index is -0.0539. The number of carbonyl (C=O) groups is 1. The van der Waals surface area contributed by atoms with E-state index in [-0.39, 0.29) is 5.91 Å². The molecule has 0 fully saturated rings. The zero-order valence-corrected chi connectivity index (χ0v) is 19.8. The third-order valence-electron chi connectivity index (χ3n) is 4.74. The van der Waals surface area contributed by atoms with Crippen LogP contribution in [0.4, 0.5) is 10.8 Å². The number of aromatic nitrogens is 2. The van der Waals surface area contributed by atoms with Crippen molar-refractivity contribution in [3.63, 3.8) is 0 Å². The molecule has 2 aromatic carbocycles. The lowest BCUT2D eigenvalue weighted by atomic mass is 10.0. The molecule has 0 saturated carbocycles. The fourth-order valence-corrected chi connectivity index (χ4v) is 3.84. The number of para-hydroxylation sites is 1. The molecule has 3 N–H and O–H groups in total. The number of carbonyl (C=O) groups excluding carboxylic acids is 1. The van der Waals surface area contributed by atoms with E-state index < -0.39 is 0 Å². The summed E-state index contributed by atoms with van der Waals surface area (Å²) in [5.41, 5.74) is 10.7. The van der Waals surface area contributed by atoms with Gasteiger partial charge < -0.3 is 16.0 Å². The van der Waals surface area contributed by atoms with Crippen molar-refractivity contribution in [2.45, 2.75) is 20.3 Å². The predicted octanol–water partition coefficient (Wildman–Crippen LogP) is 4.40. The fraction of sp³-hybridized carbons (Fsp3) is 0.208. The largest absolute Gasteiger partial charge is 0.400 e. The molecule has 0 atom stereocenters. The molecule has 1 amide bonds. The van der Waals surface area contributed by atoms with Crippen LogP contribution in [0.5, 0.6) is 0 Å². The first-order valence-corrected chi connectivity index (χ1v) is 11.1. The highest BCUT2D eigenvalue weighted by Crippen LogP contribution is 2.29. The Morgan fingerprint density at radius 1 is 1.15 bits per heavy atom. The Bertz CT molecular complexity index is 1250. The van der Waals surface area contributed by atoms with Crippen molar-refractivity contribution in [3.05, 3.63) is 75.9 Å². The molecule has 3 aromatic rings. The number of nitrogens with two attached hydrogens (primary N) is 1. The Balaban J connectivity index is 1.89. The maximum absolute atomic E-state index is 12.2. The molecule has 1 heterocycles. The van der Waals surface area contributed by atoms with Crippen molar-refractivity contribution in [1.29, 1.82) is 5.26 Å². The van der Waals surface area contributed by atoms with Crippen molar-refractivity contribution >= 4 is 39.5 Å². The third-order valence-corrected chi connectivity index (χ3v) is 5.59. The summed E-state index contributed by atoms with van der Waals surface area (Å²) in [6, 6.07) is 16.7. The Labute approximate surface area is 197 Å². The number of nitriles is 1. The van der Waals surface area contributed by atoms with Crippen LogP contribution in [0.15, 0.2) is 59.2 Å². The summed E-state index contributed by atoms with van der Waals surface area (Å²) >= 11 is 1.30. The van der Waals surface area contributed by atoms with Crippen molar-refractivity contribution in [2.75, 3.05) is 19.4 Å². The number of aliphatic imine (C=N–C) groups is 1. The van der Waals surface area contributed by atoms with E-state index in [1.807, 2.05) is 31.2 Å². The second-order valence-corrected chi connectivity index (χ2v) is 8.39. The molecular weight excluding hydrogens is 434 g/mol. The van der Waals surface area contributed by atoms with Crippen molar-refractivity contribution in [3.8, 4) is 6.07 Å². The van der Waals surface area contributed by atoms with Gasteiger partial charge in [-0.05, 0) is 43.2 Å². The zero-order valence-electron chi connectivity index (χ0n) is 19.0. The number of hydrogen-bond acceptors (Lipinski definition) is 8. The summed E-state index contributed by atoms with van der Waals surface area (Å²) < 4.78 is 0. The number of allylic oxidation sites excluding steroid dienone is 1. The first-order chi connectivity index (χ1) is 15.8. The summed E-state index contributed by atoms with van der Waals surface area (Å²) in [5.74, 6) is -0.0539. The molecule has 0 radical (unpaired) electrons. The minimum absolute atomic E-state index is 0.0539. The third kappa shape index (κ3) is 5.61. The summed E-state index contributed by atoms with van der Waals surface area (Å²) in [4.78, 5) is 18.5. The van der Waals surface area contributed by atoms with Crippen LogP contribution in [-0.2, 0) is 0 Å². The van der Waals surface area contributed by atoms with Crippen molar-refractivity contribution < 1.29 is 4.79 Å². The fourth-order valence-electron chi connectivity index (χ4n) is 3.03. The number of nitrogens with zero attached hydrogens (tertiary/aromatic N) is 5. The first-order valence-electron chi connectivity index (χ1n) is 10.3. The average molecular weight is 460 g/mol. The maximum atomic E-state index is 12.2. The van der Waals surface area contributed by atoms with E-state index in [4.69, 9.17) is 10.7 Å². The molecule has 9 heteroatoms. The van der Waals surface area contributed by atoms with Gasteiger partial charge in [0.15, 0.2) is 5.01 Å². The molecule has 8 nitrogen and oxygen atoms in total. The lowest BCUT2D eigenvalue weighted by Gasteiger charge is -2.11. The summed E-state index contributed by atoms with van der Waals surface area (Å²) in [6.45, 7) is 3.78. The van der Waals surface area contributed by atoms with Gasteiger partial charge in [0.05, 0.1) is 11.3 Å². The zero-order chi connectivity index (χ0) is 24.0. The van der Waals surface area contributed by atoms with Crippen molar-refractivity contribution in [1.82, 2.24) is 15.1 Å². The SMILES string of the molecule is CC/C(=N\C(=C(/C)N)c1nnc(Nc2ccccc2C#N)s1)c1ccc(C(=O)N(C)C)cc1. The van der Waals surface area contributed by atoms with E-state index in [0.29, 0.717) is 44.8 Å². The molecule has 0 aliphatic heterocycles. The molecule has 3 rings (SSSR count). The lowest BCUT2D eigenvalue weighted by molar-refractivity contribution is 0.0827. The number of benzene rings is 2. The number of amides is 1. The average Bonchev–Trinajstić information content (AvgIpc) is 3.27. The maximum Gasteiger partial charge on any atom is 0.253 e. The normalized spacial score (nSPS) is 12.0. The topological polar surface area (TPSA) is 120 Å². The van der Waals surface area contributed by atoms with Gasteiger partial charge >= 0.3 is 0 Å². The van der Waals surface area contributed by atoms with Crippen LogP contribution >= 0.6 is 11.3 Å². The molecule has 0 saturated heterocycles. The monoisotopic (exact) mass is 459 g/mol. The van der Waals surface area contributed by atoms with Crippen LogP contribution in [0, 0.1) is 11.3 Å². The second kappa shape index (κ2) is 10.5. The molecule has 0 bridgehead atoms. The molecule has 0 unspecified atom stereocenters. The van der Waals surface area contributed by atoms with Gasteiger partial charge in [0, 0.05) is 31.1 Å². The molecule has 0 spiro atoms. The van der Waals surface area contributed by atoms with Crippen LogP contribution in [0.1, 0.15) is 46.8 Å². The molecule has 1 aromatic heterocycles. The van der Waals surface area contributed by atoms with Gasteiger partial charge in [-0.25, -0.2) is 4.99 Å². The molecule has 0 aliphatic carbocycles. The van der Waals surface area contributed by atoms with E-state index in [0.717, 1.165) is 11.3 Å². The first kappa shape index (κ1) is 23.6. The van der Waals surface area contributed by atoms with Crippen LogP contribution in [0.25, 0.3) is 5.70 Å². The summed E-state index contributed by atoms with van der Waals surface area (Å²) in [6.07, 6.45) is 0.664. The van der Waals surface area contributed by atoms with E-state index >= 15 is 0 Å². The van der Waals surface area contributed by atoms with E-state index in [1.54, 1.807) is 50.2 Å². The standard InChI is InChI=1S/C24H25N7OS/c1-5-19(16-10-12-17(13-11-16)23(32)31(3)4)27-21(15(2)26)22-29-30-24(33-22)28-20-9-7-6-8-18(20)14-25/h6-13H,5,26H2,1-4H3,(H,28,30)/b21-15+,27-19+. The highest BCUT2D eigenvalue weighted by molar-refractivity contribution is 7.16. The van der Waals surface area contributed by atoms with Gasteiger partial charge in [-0.2, -0.15) is 5.26 Å². The van der Waals surface area contributed by atoms with E-state index in [2.05, 4.69) is 21.6 Å². The van der Waals surface area contributed by atoms with Crippen LogP contribution in [0.3, 0.4) is 0 Å². The highest BCUT2D eigenvalue weighted by Gasteiger charge is 2.15. The lowest BCUT2D eigenvalue weighted by Crippen LogP contribution is -2.21. The van der Waals surface area contributed by atoms with Crippen LogP contribution in [-0.4, -0.2) is 40.8 Å². The Morgan fingerprint density at radius 3 is 2.42 bits per heavy atom. The summed E-state index contributed by atoms with van der Waals surface area (Å²) in [7, 11) is 3.45. The number of rotatable bonds is 7. The van der Waals surface area contributed by atoms with E-state index in [9.17, 15) is 10.1 Å². The van der Waals surface area contributed by atoms with Crippen LogP contribution < -0.4 is 11.1 Å². The Morgan fingerprint density at radius 2 is 1.82 bits per heavy atom. The van der Waals surface area contributed by atoms with Gasteiger partial charge in [-0.15, -0.1) is 10.2 Å². The van der Waals surface area contributed by atoms with E-state index in [1.165, 1.54) is 11.3 Å². The molecule has 33 heavy (non-hydrogen) atoms. The quantitative estimate of drug-likeness (QED) is 0.505. The molecular formula is C24H25N7OS.